The fraction of sp³-hybridized carbons (Fsp3) is 0.538. The topological polar surface area (TPSA) is 38.0 Å². The zero-order valence-corrected chi connectivity index (χ0v) is 9.67. The Hall–Kier alpha value is -1.25. The summed E-state index contributed by atoms with van der Waals surface area (Å²) in [6.07, 6.45) is 4.94. The highest BCUT2D eigenvalue weighted by atomic mass is 19.1. The molecule has 0 spiro atoms. The summed E-state index contributed by atoms with van der Waals surface area (Å²) in [6, 6.07) is 5.03. The largest absolute Gasteiger partial charge is 0.397 e. The van der Waals surface area contributed by atoms with Gasteiger partial charge < -0.3 is 11.1 Å². The first-order valence-electron chi connectivity index (χ1n) is 5.96. The minimum Gasteiger partial charge on any atom is -0.397 e. The van der Waals surface area contributed by atoms with Crippen molar-refractivity contribution in [3.63, 3.8) is 0 Å². The van der Waals surface area contributed by atoms with Crippen LogP contribution in [-0.4, -0.2) is 6.04 Å². The lowest BCUT2D eigenvalue weighted by molar-refractivity contribution is 0.359. The first kappa shape index (κ1) is 11.2. The molecule has 88 valence electrons. The monoisotopic (exact) mass is 222 g/mol. The van der Waals surface area contributed by atoms with E-state index in [0.717, 1.165) is 11.6 Å². The highest BCUT2D eigenvalue weighted by Crippen LogP contribution is 2.28. The van der Waals surface area contributed by atoms with Crippen LogP contribution in [0.5, 0.6) is 0 Å². The molecule has 1 fully saturated rings. The van der Waals surface area contributed by atoms with E-state index in [0.29, 0.717) is 11.7 Å². The highest BCUT2D eigenvalue weighted by molar-refractivity contribution is 5.66. The van der Waals surface area contributed by atoms with Gasteiger partial charge in [-0.3, -0.25) is 0 Å². The summed E-state index contributed by atoms with van der Waals surface area (Å²) in [5.74, 6) is 0.494. The molecule has 3 N–H and O–H groups in total. The van der Waals surface area contributed by atoms with Crippen LogP contribution in [0, 0.1) is 11.7 Å². The number of anilines is 2. The Morgan fingerprint density at radius 3 is 2.88 bits per heavy atom. The minimum atomic E-state index is -0.278. The van der Waals surface area contributed by atoms with E-state index in [4.69, 9.17) is 5.73 Å². The molecule has 2 nitrogen and oxygen atoms in total. The molecular formula is C13H19FN2. The van der Waals surface area contributed by atoms with Crippen LogP contribution in [0.2, 0.25) is 0 Å². The second kappa shape index (κ2) is 4.73. The van der Waals surface area contributed by atoms with Crippen molar-refractivity contribution in [2.75, 3.05) is 11.1 Å². The average Bonchev–Trinajstić information content (AvgIpc) is 2.22. The number of nitrogens with one attached hydrogen (secondary N) is 1. The van der Waals surface area contributed by atoms with Gasteiger partial charge in [0, 0.05) is 6.04 Å². The minimum absolute atomic E-state index is 0.278. The molecule has 0 bridgehead atoms. The molecule has 0 saturated heterocycles. The van der Waals surface area contributed by atoms with Crippen LogP contribution in [0.1, 0.15) is 32.6 Å². The van der Waals surface area contributed by atoms with E-state index in [1.807, 2.05) is 0 Å². The third kappa shape index (κ3) is 2.65. The van der Waals surface area contributed by atoms with Crippen molar-refractivity contribution < 1.29 is 4.39 Å². The fourth-order valence-corrected chi connectivity index (χ4v) is 2.45. The Kier molecular flexibility index (Phi) is 3.32. The number of halogens is 1. The van der Waals surface area contributed by atoms with E-state index in [-0.39, 0.29) is 5.82 Å². The lowest BCUT2D eigenvalue weighted by Crippen LogP contribution is -2.26. The normalized spacial score (nSPS) is 25.4. The van der Waals surface area contributed by atoms with Crippen molar-refractivity contribution in [2.24, 2.45) is 5.92 Å². The van der Waals surface area contributed by atoms with Crippen LogP contribution >= 0.6 is 0 Å². The van der Waals surface area contributed by atoms with Gasteiger partial charge in [-0.2, -0.15) is 0 Å². The van der Waals surface area contributed by atoms with Crippen molar-refractivity contribution in [3.05, 3.63) is 24.0 Å². The van der Waals surface area contributed by atoms with Gasteiger partial charge in [-0.1, -0.05) is 19.8 Å². The zero-order valence-electron chi connectivity index (χ0n) is 9.67. The van der Waals surface area contributed by atoms with Gasteiger partial charge in [0.1, 0.15) is 5.82 Å². The summed E-state index contributed by atoms with van der Waals surface area (Å²) in [4.78, 5) is 0. The molecule has 1 aromatic rings. The second-order valence-corrected chi connectivity index (χ2v) is 4.84. The van der Waals surface area contributed by atoms with Crippen molar-refractivity contribution in [1.29, 1.82) is 0 Å². The third-order valence-corrected chi connectivity index (χ3v) is 3.31. The van der Waals surface area contributed by atoms with E-state index in [2.05, 4.69) is 12.2 Å². The molecule has 0 aliphatic heterocycles. The molecule has 2 rings (SSSR count). The third-order valence-electron chi connectivity index (χ3n) is 3.31. The van der Waals surface area contributed by atoms with E-state index in [1.54, 1.807) is 6.07 Å². The number of nitrogen functional groups attached to an aromatic ring is 1. The van der Waals surface area contributed by atoms with E-state index >= 15 is 0 Å². The number of hydrogen-bond donors (Lipinski definition) is 2. The smallest absolute Gasteiger partial charge is 0.125 e. The Bertz CT molecular complexity index is 365. The molecular weight excluding hydrogens is 203 g/mol. The Labute approximate surface area is 96.0 Å². The maximum Gasteiger partial charge on any atom is 0.125 e. The summed E-state index contributed by atoms with van der Waals surface area (Å²) in [5, 5.41) is 3.42. The maximum atomic E-state index is 12.9. The molecule has 2 atom stereocenters. The molecule has 3 heteroatoms. The molecule has 1 aliphatic rings. The first-order valence-corrected chi connectivity index (χ1v) is 5.96. The summed E-state index contributed by atoms with van der Waals surface area (Å²) < 4.78 is 12.9. The standard InChI is InChI=1S/C13H19FN2/c1-9-3-2-4-11(7-9)16-13-6-5-10(14)8-12(13)15/h5-6,8-9,11,16H,2-4,7,15H2,1H3. The number of nitrogens with two attached hydrogens (primary N) is 1. The Morgan fingerprint density at radius 2 is 2.19 bits per heavy atom. The highest BCUT2D eigenvalue weighted by Gasteiger charge is 2.19. The van der Waals surface area contributed by atoms with Crippen LogP contribution in [0.4, 0.5) is 15.8 Å². The van der Waals surface area contributed by atoms with Crippen LogP contribution in [0.15, 0.2) is 18.2 Å². The van der Waals surface area contributed by atoms with Gasteiger partial charge in [0.15, 0.2) is 0 Å². The van der Waals surface area contributed by atoms with Gasteiger partial charge >= 0.3 is 0 Å². The van der Waals surface area contributed by atoms with Crippen molar-refractivity contribution >= 4 is 11.4 Å². The molecule has 0 heterocycles. The maximum absolute atomic E-state index is 12.9. The molecule has 1 saturated carbocycles. The summed E-state index contributed by atoms with van der Waals surface area (Å²) >= 11 is 0. The van der Waals surface area contributed by atoms with Crippen LogP contribution in [-0.2, 0) is 0 Å². The van der Waals surface area contributed by atoms with Crippen molar-refractivity contribution in [3.8, 4) is 0 Å². The van der Waals surface area contributed by atoms with Gasteiger partial charge in [-0.25, -0.2) is 4.39 Å². The fourth-order valence-electron chi connectivity index (χ4n) is 2.45. The van der Waals surface area contributed by atoms with E-state index < -0.39 is 0 Å². The Morgan fingerprint density at radius 1 is 1.38 bits per heavy atom. The van der Waals surface area contributed by atoms with Gasteiger partial charge in [-0.05, 0) is 37.0 Å². The predicted octanol–water partition coefficient (Wildman–Crippen LogP) is 3.40. The Balaban J connectivity index is 2.02. The second-order valence-electron chi connectivity index (χ2n) is 4.84. The van der Waals surface area contributed by atoms with Crippen LogP contribution in [0.25, 0.3) is 0 Å². The summed E-state index contributed by atoms with van der Waals surface area (Å²) in [7, 11) is 0. The van der Waals surface area contributed by atoms with Gasteiger partial charge in [0.2, 0.25) is 0 Å². The molecule has 0 aromatic heterocycles. The van der Waals surface area contributed by atoms with Crippen LogP contribution in [0.3, 0.4) is 0 Å². The van der Waals surface area contributed by atoms with Gasteiger partial charge in [0.25, 0.3) is 0 Å². The van der Waals surface area contributed by atoms with Crippen molar-refractivity contribution in [1.82, 2.24) is 0 Å². The number of rotatable bonds is 2. The quantitative estimate of drug-likeness (QED) is 0.753. The predicted molar refractivity (Wildman–Crippen MR) is 65.9 cm³/mol. The average molecular weight is 222 g/mol. The van der Waals surface area contributed by atoms with Crippen molar-refractivity contribution in [2.45, 2.75) is 38.6 Å². The zero-order chi connectivity index (χ0) is 11.5. The first-order chi connectivity index (χ1) is 7.65. The summed E-state index contributed by atoms with van der Waals surface area (Å²) in [5.41, 5.74) is 7.13. The molecule has 16 heavy (non-hydrogen) atoms. The molecule has 0 radical (unpaired) electrons. The SMILES string of the molecule is CC1CCCC(Nc2ccc(F)cc2N)C1. The van der Waals surface area contributed by atoms with E-state index in [1.165, 1.54) is 37.8 Å². The van der Waals surface area contributed by atoms with Crippen LogP contribution < -0.4 is 11.1 Å². The number of hydrogen-bond acceptors (Lipinski definition) is 2. The summed E-state index contributed by atoms with van der Waals surface area (Å²) in [6.45, 7) is 2.28. The van der Waals surface area contributed by atoms with Gasteiger partial charge in [0.05, 0.1) is 11.4 Å². The molecule has 0 amide bonds. The lowest BCUT2D eigenvalue weighted by Gasteiger charge is -2.28. The molecule has 2 unspecified atom stereocenters. The molecule has 1 aromatic carbocycles. The van der Waals surface area contributed by atoms with E-state index in [9.17, 15) is 4.39 Å². The molecule has 1 aliphatic carbocycles. The van der Waals surface area contributed by atoms with Gasteiger partial charge in [-0.15, -0.1) is 0 Å². The lowest BCUT2D eigenvalue weighted by atomic mass is 9.87. The number of benzene rings is 1.